The molecule has 0 heterocycles. The number of aryl methyl sites for hydroxylation is 1. The molecule has 0 saturated carbocycles. The Morgan fingerprint density at radius 2 is 2.18 bits per heavy atom. The fraction of sp³-hybridized carbons (Fsp3) is 0.462. The molecule has 4 heteroatoms. The Labute approximate surface area is 101 Å². The highest BCUT2D eigenvalue weighted by Gasteiger charge is 2.23. The van der Waals surface area contributed by atoms with E-state index in [1.165, 1.54) is 6.07 Å². The van der Waals surface area contributed by atoms with Gasteiger partial charge in [0.15, 0.2) is 0 Å². The van der Waals surface area contributed by atoms with Gasteiger partial charge in [0.1, 0.15) is 5.82 Å². The first kappa shape index (κ1) is 13.6. The van der Waals surface area contributed by atoms with Crippen LogP contribution >= 0.6 is 0 Å². The van der Waals surface area contributed by atoms with Crippen molar-refractivity contribution in [3.8, 4) is 0 Å². The molecule has 1 atom stereocenters. The van der Waals surface area contributed by atoms with Gasteiger partial charge in [0, 0.05) is 5.56 Å². The molecule has 0 radical (unpaired) electrons. The zero-order valence-corrected chi connectivity index (χ0v) is 10.4. The molecule has 1 unspecified atom stereocenters. The second-order valence-electron chi connectivity index (χ2n) is 4.49. The molecule has 1 amide bonds. The van der Waals surface area contributed by atoms with Crippen molar-refractivity contribution in [3.05, 3.63) is 35.1 Å². The van der Waals surface area contributed by atoms with Crippen molar-refractivity contribution in [2.24, 2.45) is 0 Å². The summed E-state index contributed by atoms with van der Waals surface area (Å²) in [5, 5.41) is 11.9. The third-order valence-corrected chi connectivity index (χ3v) is 2.98. The number of carbonyl (C=O) groups excluding carboxylic acids is 1. The van der Waals surface area contributed by atoms with Crippen molar-refractivity contribution in [3.63, 3.8) is 0 Å². The molecule has 1 rings (SSSR count). The van der Waals surface area contributed by atoms with Crippen LogP contribution in [0.1, 0.15) is 36.2 Å². The summed E-state index contributed by atoms with van der Waals surface area (Å²) < 4.78 is 13.3. The number of carbonyl (C=O) groups is 1. The number of aliphatic hydroxyl groups is 1. The highest BCUT2D eigenvalue weighted by atomic mass is 19.1. The minimum atomic E-state index is -0.668. The van der Waals surface area contributed by atoms with Crippen molar-refractivity contribution < 1.29 is 14.3 Å². The first-order chi connectivity index (χ1) is 7.91. The predicted molar refractivity (Wildman–Crippen MR) is 64.4 cm³/mol. The number of nitrogens with one attached hydrogen (secondary N) is 1. The fourth-order valence-electron chi connectivity index (χ4n) is 1.32. The molecule has 0 saturated heterocycles. The average molecular weight is 239 g/mol. The molecule has 0 aliphatic heterocycles. The summed E-state index contributed by atoms with van der Waals surface area (Å²) in [6.07, 6.45) is 0.601. The summed E-state index contributed by atoms with van der Waals surface area (Å²) in [4.78, 5) is 11.9. The summed E-state index contributed by atoms with van der Waals surface area (Å²) in [5.41, 5.74) is 0.0986. The van der Waals surface area contributed by atoms with Crippen LogP contribution in [0.4, 0.5) is 4.39 Å². The van der Waals surface area contributed by atoms with E-state index in [0.717, 1.165) is 0 Å². The number of hydrogen-bond donors (Lipinski definition) is 2. The molecule has 94 valence electrons. The second kappa shape index (κ2) is 5.27. The molecule has 1 aromatic carbocycles. The minimum absolute atomic E-state index is 0.149. The number of amides is 1. The first-order valence-corrected chi connectivity index (χ1v) is 5.61. The topological polar surface area (TPSA) is 49.3 Å². The molecule has 0 fully saturated rings. The summed E-state index contributed by atoms with van der Waals surface area (Å²) in [6, 6.07) is 4.34. The van der Waals surface area contributed by atoms with Gasteiger partial charge in [-0.1, -0.05) is 13.0 Å². The molecule has 0 aliphatic carbocycles. The number of rotatable bonds is 4. The van der Waals surface area contributed by atoms with Gasteiger partial charge >= 0.3 is 0 Å². The lowest BCUT2D eigenvalue weighted by atomic mass is 9.99. The van der Waals surface area contributed by atoms with Gasteiger partial charge in [-0.05, 0) is 38.0 Å². The predicted octanol–water partition coefficient (Wildman–Crippen LogP) is 2.02. The van der Waals surface area contributed by atoms with Gasteiger partial charge in [0.2, 0.25) is 0 Å². The maximum absolute atomic E-state index is 13.3. The molecule has 0 bridgehead atoms. The highest BCUT2D eigenvalue weighted by Crippen LogP contribution is 2.12. The lowest BCUT2D eigenvalue weighted by Crippen LogP contribution is -2.48. The SMILES string of the molecule is CCC(C)(CO)NC(=O)c1ccc(C)c(F)c1. The zero-order chi connectivity index (χ0) is 13.1. The van der Waals surface area contributed by atoms with Crippen LogP contribution in [0.3, 0.4) is 0 Å². The van der Waals surface area contributed by atoms with E-state index in [0.29, 0.717) is 12.0 Å². The Hall–Kier alpha value is -1.42. The molecule has 0 aromatic heterocycles. The summed E-state index contributed by atoms with van der Waals surface area (Å²) in [6.45, 7) is 5.10. The van der Waals surface area contributed by atoms with E-state index in [9.17, 15) is 14.3 Å². The number of halogens is 1. The Bertz CT molecular complexity index is 414. The molecule has 3 nitrogen and oxygen atoms in total. The lowest BCUT2D eigenvalue weighted by molar-refractivity contribution is 0.0847. The van der Waals surface area contributed by atoms with Crippen LogP contribution in [0, 0.1) is 12.7 Å². The Morgan fingerprint density at radius 1 is 1.53 bits per heavy atom. The van der Waals surface area contributed by atoms with Crippen molar-refractivity contribution in [2.75, 3.05) is 6.61 Å². The van der Waals surface area contributed by atoms with E-state index in [-0.39, 0.29) is 18.1 Å². The normalized spacial score (nSPS) is 14.2. The van der Waals surface area contributed by atoms with E-state index in [1.54, 1.807) is 26.0 Å². The average Bonchev–Trinajstić information content (AvgIpc) is 2.32. The monoisotopic (exact) mass is 239 g/mol. The number of hydrogen-bond acceptors (Lipinski definition) is 2. The standard InChI is InChI=1S/C13H18FNO2/c1-4-13(3,8-16)15-12(17)10-6-5-9(2)11(14)7-10/h5-7,16H,4,8H2,1-3H3,(H,15,17). The van der Waals surface area contributed by atoms with Crippen LogP contribution in [0.5, 0.6) is 0 Å². The quantitative estimate of drug-likeness (QED) is 0.844. The van der Waals surface area contributed by atoms with Crippen LogP contribution in [-0.2, 0) is 0 Å². The molecule has 0 spiro atoms. The zero-order valence-electron chi connectivity index (χ0n) is 10.4. The van der Waals surface area contributed by atoms with E-state index in [1.807, 2.05) is 6.92 Å². The van der Waals surface area contributed by atoms with Crippen molar-refractivity contribution in [1.29, 1.82) is 0 Å². The van der Waals surface area contributed by atoms with Gasteiger partial charge in [0.05, 0.1) is 12.1 Å². The largest absolute Gasteiger partial charge is 0.394 e. The van der Waals surface area contributed by atoms with Crippen LogP contribution in [0.15, 0.2) is 18.2 Å². The Balaban J connectivity index is 2.86. The Morgan fingerprint density at radius 3 is 2.65 bits per heavy atom. The van der Waals surface area contributed by atoms with E-state index >= 15 is 0 Å². The van der Waals surface area contributed by atoms with Gasteiger partial charge in [0.25, 0.3) is 5.91 Å². The highest BCUT2D eigenvalue weighted by molar-refractivity contribution is 5.94. The maximum atomic E-state index is 13.3. The molecule has 17 heavy (non-hydrogen) atoms. The summed E-state index contributed by atoms with van der Waals surface area (Å²) >= 11 is 0. The van der Waals surface area contributed by atoms with E-state index in [2.05, 4.69) is 5.32 Å². The molecule has 2 N–H and O–H groups in total. The van der Waals surface area contributed by atoms with E-state index < -0.39 is 11.4 Å². The summed E-state index contributed by atoms with van der Waals surface area (Å²) in [7, 11) is 0. The van der Waals surface area contributed by atoms with Gasteiger partial charge in [-0.15, -0.1) is 0 Å². The van der Waals surface area contributed by atoms with Gasteiger partial charge in [-0.2, -0.15) is 0 Å². The molecule has 0 aliphatic rings. The van der Waals surface area contributed by atoms with Crippen LogP contribution in [0.25, 0.3) is 0 Å². The van der Waals surface area contributed by atoms with Crippen LogP contribution in [0.2, 0.25) is 0 Å². The number of aliphatic hydroxyl groups excluding tert-OH is 1. The van der Waals surface area contributed by atoms with Crippen LogP contribution < -0.4 is 5.32 Å². The number of benzene rings is 1. The molecular formula is C13H18FNO2. The van der Waals surface area contributed by atoms with Gasteiger partial charge < -0.3 is 10.4 Å². The van der Waals surface area contributed by atoms with Crippen LogP contribution in [-0.4, -0.2) is 23.2 Å². The van der Waals surface area contributed by atoms with Gasteiger partial charge in [-0.25, -0.2) is 4.39 Å². The smallest absolute Gasteiger partial charge is 0.251 e. The van der Waals surface area contributed by atoms with E-state index in [4.69, 9.17) is 0 Å². The Kier molecular flexibility index (Phi) is 4.23. The van der Waals surface area contributed by atoms with Crippen molar-refractivity contribution >= 4 is 5.91 Å². The lowest BCUT2D eigenvalue weighted by Gasteiger charge is -2.27. The molecule has 1 aromatic rings. The maximum Gasteiger partial charge on any atom is 0.251 e. The molecular weight excluding hydrogens is 221 g/mol. The third-order valence-electron chi connectivity index (χ3n) is 2.98. The first-order valence-electron chi connectivity index (χ1n) is 5.61. The minimum Gasteiger partial charge on any atom is -0.394 e. The van der Waals surface area contributed by atoms with Crippen molar-refractivity contribution in [1.82, 2.24) is 5.32 Å². The van der Waals surface area contributed by atoms with Crippen molar-refractivity contribution in [2.45, 2.75) is 32.7 Å². The summed E-state index contributed by atoms with van der Waals surface area (Å²) in [5.74, 6) is -0.776. The third kappa shape index (κ3) is 3.27. The second-order valence-corrected chi connectivity index (χ2v) is 4.49. The van der Waals surface area contributed by atoms with Gasteiger partial charge in [-0.3, -0.25) is 4.79 Å². The fourth-order valence-corrected chi connectivity index (χ4v) is 1.32.